The van der Waals surface area contributed by atoms with Crippen molar-refractivity contribution in [2.45, 2.75) is 45.3 Å². The lowest BCUT2D eigenvalue weighted by Gasteiger charge is -2.47. The lowest BCUT2D eigenvalue weighted by atomic mass is 9.71. The average molecular weight is 470 g/mol. The number of piperidine rings is 2. The maximum atomic E-state index is 13.7. The van der Waals surface area contributed by atoms with E-state index in [2.05, 4.69) is 58.2 Å². The number of allylic oxidation sites excluding steroid dienone is 1. The van der Waals surface area contributed by atoms with Crippen LogP contribution in [0.1, 0.15) is 43.7 Å². The van der Waals surface area contributed by atoms with Crippen LogP contribution in [0.5, 0.6) is 0 Å². The van der Waals surface area contributed by atoms with E-state index in [0.29, 0.717) is 12.5 Å². The number of likely N-dealkylation sites (tertiary alicyclic amines) is 2. The van der Waals surface area contributed by atoms with E-state index in [4.69, 9.17) is 10.7 Å². The molecule has 182 valence electrons. The largest absolute Gasteiger partial charge is 0.405 e. The molecule has 0 radical (unpaired) electrons. The number of nitrogens with zero attached hydrogens (tertiary/aromatic N) is 3. The molecule has 3 N–H and O–H groups in total. The smallest absolute Gasteiger partial charge is 0.229 e. The molecule has 3 aromatic rings. The number of aliphatic imine (C=N–C) groups is 1. The summed E-state index contributed by atoms with van der Waals surface area (Å²) >= 11 is 0. The van der Waals surface area contributed by atoms with Crippen molar-refractivity contribution in [1.29, 1.82) is 0 Å². The molecule has 1 amide bonds. The van der Waals surface area contributed by atoms with Gasteiger partial charge in [-0.05, 0) is 62.1 Å². The monoisotopic (exact) mass is 469 g/mol. The second-order valence-corrected chi connectivity index (χ2v) is 9.88. The highest BCUT2D eigenvalue weighted by Crippen LogP contribution is 2.42. The molecule has 1 unspecified atom stereocenters. The molecule has 3 heterocycles. The van der Waals surface area contributed by atoms with E-state index in [0.717, 1.165) is 62.1 Å². The molecule has 5 rings (SSSR count). The number of hydrogen-bond acceptors (Lipinski definition) is 4. The third kappa shape index (κ3) is 4.76. The highest BCUT2D eigenvalue weighted by molar-refractivity contribution is 6.08. The Morgan fingerprint density at radius 1 is 1.09 bits per heavy atom. The number of para-hydroxylation sites is 1. The predicted molar refractivity (Wildman–Crippen MR) is 142 cm³/mol. The fourth-order valence-electron chi connectivity index (χ4n) is 5.76. The molecule has 0 aliphatic carbocycles. The number of aromatic amines is 1. The van der Waals surface area contributed by atoms with Gasteiger partial charge in [0.15, 0.2) is 0 Å². The zero-order valence-corrected chi connectivity index (χ0v) is 20.5. The Morgan fingerprint density at radius 3 is 2.60 bits per heavy atom. The molecule has 1 spiro atoms. The minimum atomic E-state index is -0.232. The Bertz CT molecular complexity index is 1220. The molecule has 2 saturated heterocycles. The first-order valence-corrected chi connectivity index (χ1v) is 12.7. The molecular formula is C29H35N5O. The highest BCUT2D eigenvalue weighted by Gasteiger charge is 2.46. The van der Waals surface area contributed by atoms with Gasteiger partial charge in [-0.25, -0.2) is 0 Å². The number of H-pyrrole nitrogens is 1. The minimum absolute atomic E-state index is 0.0276. The van der Waals surface area contributed by atoms with Crippen molar-refractivity contribution in [3.05, 3.63) is 84.2 Å². The minimum Gasteiger partial charge on any atom is -0.405 e. The molecule has 2 aromatic carbocycles. The second-order valence-electron chi connectivity index (χ2n) is 9.88. The van der Waals surface area contributed by atoms with Gasteiger partial charge >= 0.3 is 0 Å². The summed E-state index contributed by atoms with van der Waals surface area (Å²) in [6.45, 7) is 5.42. The summed E-state index contributed by atoms with van der Waals surface area (Å²) in [5, 5.41) is 1.21. The van der Waals surface area contributed by atoms with E-state index in [9.17, 15) is 4.79 Å². The summed E-state index contributed by atoms with van der Waals surface area (Å²) in [4.78, 5) is 26.6. The predicted octanol–water partition coefficient (Wildman–Crippen LogP) is 4.68. The first-order valence-electron chi connectivity index (χ1n) is 12.7. The number of carbonyl (C=O) groups excluding carboxylic acids is 1. The van der Waals surface area contributed by atoms with Gasteiger partial charge in [0.2, 0.25) is 5.91 Å². The Kier molecular flexibility index (Phi) is 6.73. The van der Waals surface area contributed by atoms with Crippen LogP contribution in [0.25, 0.3) is 10.9 Å². The van der Waals surface area contributed by atoms with Crippen LogP contribution < -0.4 is 5.73 Å². The molecule has 6 heteroatoms. The Morgan fingerprint density at radius 2 is 1.83 bits per heavy atom. The molecular weight excluding hydrogens is 434 g/mol. The molecule has 2 fully saturated rings. The van der Waals surface area contributed by atoms with Gasteiger partial charge < -0.3 is 15.6 Å². The van der Waals surface area contributed by atoms with Crippen LogP contribution >= 0.6 is 0 Å². The van der Waals surface area contributed by atoms with Gasteiger partial charge in [0.1, 0.15) is 0 Å². The molecule has 1 aromatic heterocycles. The van der Waals surface area contributed by atoms with Crippen molar-refractivity contribution < 1.29 is 4.79 Å². The van der Waals surface area contributed by atoms with Gasteiger partial charge in [-0.3, -0.25) is 14.7 Å². The summed E-state index contributed by atoms with van der Waals surface area (Å²) < 4.78 is 0. The van der Waals surface area contributed by atoms with Gasteiger partial charge in [-0.1, -0.05) is 48.5 Å². The van der Waals surface area contributed by atoms with Gasteiger partial charge in [-0.15, -0.1) is 0 Å². The number of aromatic nitrogens is 1. The third-order valence-corrected chi connectivity index (χ3v) is 7.79. The Hall–Kier alpha value is -3.38. The number of nitrogens with one attached hydrogen (secondary N) is 1. The SMILES string of the molecule is CC(N=C(/C=C\N)c1ccccc1)N1CCC2(CCCN(Cc3c[nH]c4ccccc34)C2=O)CC1. The first kappa shape index (κ1) is 23.4. The Labute approximate surface area is 207 Å². The molecule has 0 bridgehead atoms. The van der Waals surface area contributed by atoms with Gasteiger partial charge in [0, 0.05) is 43.3 Å². The number of carbonyl (C=O) groups is 1. The van der Waals surface area contributed by atoms with E-state index >= 15 is 0 Å². The van der Waals surface area contributed by atoms with Crippen LogP contribution in [0.4, 0.5) is 0 Å². The van der Waals surface area contributed by atoms with Crippen molar-refractivity contribution in [3.8, 4) is 0 Å². The summed E-state index contributed by atoms with van der Waals surface area (Å²) in [7, 11) is 0. The zero-order valence-electron chi connectivity index (χ0n) is 20.5. The van der Waals surface area contributed by atoms with Crippen LogP contribution in [-0.4, -0.2) is 52.2 Å². The summed E-state index contributed by atoms with van der Waals surface area (Å²) in [5.74, 6) is 0.334. The Balaban J connectivity index is 1.26. The summed E-state index contributed by atoms with van der Waals surface area (Å²) in [6.07, 6.45) is 9.35. The van der Waals surface area contributed by atoms with Crippen LogP contribution in [0.15, 0.2) is 78.1 Å². The number of amides is 1. The van der Waals surface area contributed by atoms with Gasteiger partial charge in [0.05, 0.1) is 17.3 Å². The lowest BCUT2D eigenvalue weighted by molar-refractivity contribution is -0.151. The number of hydrogen-bond donors (Lipinski definition) is 2. The number of rotatable bonds is 6. The van der Waals surface area contributed by atoms with E-state index in [1.165, 1.54) is 10.9 Å². The van der Waals surface area contributed by atoms with Crippen molar-refractivity contribution in [1.82, 2.24) is 14.8 Å². The first-order chi connectivity index (χ1) is 17.1. The highest BCUT2D eigenvalue weighted by atomic mass is 16.2. The number of fused-ring (bicyclic) bond motifs is 1. The summed E-state index contributed by atoms with van der Waals surface area (Å²) in [6, 6.07) is 18.5. The number of nitrogens with two attached hydrogens (primary N) is 1. The quantitative estimate of drug-likeness (QED) is 0.515. The van der Waals surface area contributed by atoms with Crippen molar-refractivity contribution in [2.75, 3.05) is 19.6 Å². The zero-order chi connectivity index (χ0) is 24.3. The molecule has 2 aliphatic heterocycles. The molecule has 6 nitrogen and oxygen atoms in total. The fourth-order valence-corrected chi connectivity index (χ4v) is 5.76. The number of benzene rings is 2. The van der Waals surface area contributed by atoms with Crippen LogP contribution in [0.3, 0.4) is 0 Å². The lowest BCUT2D eigenvalue weighted by Crippen LogP contribution is -2.54. The van der Waals surface area contributed by atoms with Crippen LogP contribution in [0.2, 0.25) is 0 Å². The standard InChI is InChI=1S/C29H35N5O/c1-22(32-26(12-16-30)23-8-3-2-4-9-23)33-18-14-29(15-19-33)13-7-17-34(28(29)35)21-24-20-31-27-11-6-5-10-25(24)27/h2-6,8-12,16,20,22,31H,7,13-15,17-19,21,30H2,1H3/b16-12-,32-26?. The van der Waals surface area contributed by atoms with Crippen LogP contribution in [0, 0.1) is 5.41 Å². The van der Waals surface area contributed by atoms with Crippen LogP contribution in [-0.2, 0) is 11.3 Å². The van der Waals surface area contributed by atoms with Crippen molar-refractivity contribution >= 4 is 22.5 Å². The molecule has 35 heavy (non-hydrogen) atoms. The molecule has 2 aliphatic rings. The fraction of sp³-hybridized carbons (Fsp3) is 0.379. The molecule has 1 atom stereocenters. The second kappa shape index (κ2) is 10.1. The van der Waals surface area contributed by atoms with Crippen molar-refractivity contribution in [3.63, 3.8) is 0 Å². The van der Waals surface area contributed by atoms with E-state index < -0.39 is 0 Å². The van der Waals surface area contributed by atoms with E-state index in [1.54, 1.807) is 6.20 Å². The normalized spacial score (nSPS) is 20.2. The molecule has 0 saturated carbocycles. The maximum absolute atomic E-state index is 13.7. The maximum Gasteiger partial charge on any atom is 0.229 e. The topological polar surface area (TPSA) is 77.7 Å². The average Bonchev–Trinajstić information content (AvgIpc) is 3.30. The third-order valence-electron chi connectivity index (χ3n) is 7.79. The van der Waals surface area contributed by atoms with E-state index in [1.807, 2.05) is 30.3 Å². The van der Waals surface area contributed by atoms with Gasteiger partial charge in [0.25, 0.3) is 0 Å². The summed E-state index contributed by atoms with van der Waals surface area (Å²) in [5.41, 5.74) is 9.75. The van der Waals surface area contributed by atoms with Crippen molar-refractivity contribution in [2.24, 2.45) is 16.1 Å². The van der Waals surface area contributed by atoms with E-state index in [-0.39, 0.29) is 11.6 Å². The van der Waals surface area contributed by atoms with Gasteiger partial charge in [-0.2, -0.15) is 0 Å².